The van der Waals surface area contributed by atoms with Gasteiger partial charge in [0.05, 0.1) is 28.4 Å². The molecule has 2 N–H and O–H groups in total. The second-order valence-corrected chi connectivity index (χ2v) is 6.08. The van der Waals surface area contributed by atoms with Crippen LogP contribution in [0.25, 0.3) is 10.9 Å². The zero-order chi connectivity index (χ0) is 19.3. The van der Waals surface area contributed by atoms with E-state index in [1.165, 1.54) is 6.20 Å². The highest BCUT2D eigenvalue weighted by Gasteiger charge is 2.08. The lowest BCUT2D eigenvalue weighted by Crippen LogP contribution is -2.12. The van der Waals surface area contributed by atoms with Crippen molar-refractivity contribution in [3.8, 4) is 6.07 Å². The molecule has 0 aliphatic rings. The lowest BCUT2D eigenvalue weighted by molar-refractivity contribution is 0.102. The Bertz CT molecular complexity index is 1170. The molecule has 134 valence electrons. The van der Waals surface area contributed by atoms with E-state index >= 15 is 0 Å². The molecule has 1 amide bonds. The third-order valence-electron chi connectivity index (χ3n) is 4.19. The van der Waals surface area contributed by atoms with E-state index in [-0.39, 0.29) is 5.91 Å². The average molecular weight is 365 g/mol. The standard InChI is InChI=1S/C22H15N5O/c23-13-15-6-9-18(10-7-15)26-22(28)17-8-11-20(25-14-17)27-19-5-1-3-16-4-2-12-24-21(16)19/h1-12,14H,(H,25,27)(H,26,28). The number of benzene rings is 2. The van der Waals surface area contributed by atoms with E-state index in [2.05, 4.69) is 20.6 Å². The molecular formula is C22H15N5O. The summed E-state index contributed by atoms with van der Waals surface area (Å²) in [5.74, 6) is 0.351. The summed E-state index contributed by atoms with van der Waals surface area (Å²) in [6.07, 6.45) is 3.26. The quantitative estimate of drug-likeness (QED) is 0.556. The van der Waals surface area contributed by atoms with Gasteiger partial charge in [-0.25, -0.2) is 4.98 Å². The Labute approximate surface area is 161 Å². The van der Waals surface area contributed by atoms with Gasteiger partial charge in [-0.3, -0.25) is 9.78 Å². The molecule has 6 heteroatoms. The maximum atomic E-state index is 12.4. The topological polar surface area (TPSA) is 90.7 Å². The van der Waals surface area contributed by atoms with Gasteiger partial charge in [-0.15, -0.1) is 0 Å². The maximum Gasteiger partial charge on any atom is 0.257 e. The number of pyridine rings is 2. The molecular weight excluding hydrogens is 350 g/mol. The number of hydrogen-bond acceptors (Lipinski definition) is 5. The van der Waals surface area contributed by atoms with Gasteiger partial charge in [0.1, 0.15) is 5.82 Å². The van der Waals surface area contributed by atoms with Gasteiger partial charge in [0, 0.05) is 23.5 Å². The number of rotatable bonds is 4. The summed E-state index contributed by atoms with van der Waals surface area (Å²) < 4.78 is 0. The van der Waals surface area contributed by atoms with Crippen LogP contribution in [0.4, 0.5) is 17.2 Å². The van der Waals surface area contributed by atoms with Crippen molar-refractivity contribution in [1.82, 2.24) is 9.97 Å². The van der Waals surface area contributed by atoms with Crippen LogP contribution in [0.3, 0.4) is 0 Å². The van der Waals surface area contributed by atoms with Gasteiger partial charge < -0.3 is 10.6 Å². The Hall–Kier alpha value is -4.24. The number of hydrogen-bond donors (Lipinski definition) is 2. The summed E-state index contributed by atoms with van der Waals surface area (Å²) in [7, 11) is 0. The summed E-state index contributed by atoms with van der Waals surface area (Å²) in [6.45, 7) is 0. The normalized spacial score (nSPS) is 10.2. The van der Waals surface area contributed by atoms with Crippen LogP contribution in [0, 0.1) is 11.3 Å². The molecule has 0 atom stereocenters. The molecule has 6 nitrogen and oxygen atoms in total. The first kappa shape index (κ1) is 17.2. The largest absolute Gasteiger partial charge is 0.338 e. The van der Waals surface area contributed by atoms with E-state index in [1.54, 1.807) is 42.6 Å². The molecule has 28 heavy (non-hydrogen) atoms. The molecule has 0 aliphatic carbocycles. The van der Waals surface area contributed by atoms with Crippen molar-refractivity contribution >= 4 is 34.0 Å². The van der Waals surface area contributed by atoms with Crippen LogP contribution in [-0.4, -0.2) is 15.9 Å². The second-order valence-electron chi connectivity index (χ2n) is 6.08. The first-order valence-electron chi connectivity index (χ1n) is 8.61. The van der Waals surface area contributed by atoms with Crippen LogP contribution < -0.4 is 10.6 Å². The predicted octanol–water partition coefficient (Wildman–Crippen LogP) is 4.50. The minimum Gasteiger partial charge on any atom is -0.338 e. The van der Waals surface area contributed by atoms with Gasteiger partial charge in [-0.1, -0.05) is 18.2 Å². The Morgan fingerprint density at radius 3 is 2.50 bits per heavy atom. The molecule has 0 aliphatic heterocycles. The molecule has 0 spiro atoms. The van der Waals surface area contributed by atoms with Crippen molar-refractivity contribution < 1.29 is 4.79 Å². The molecule has 2 aromatic heterocycles. The number of nitriles is 1. The first-order chi connectivity index (χ1) is 13.7. The maximum absolute atomic E-state index is 12.4. The van der Waals surface area contributed by atoms with Crippen LogP contribution in [-0.2, 0) is 0 Å². The smallest absolute Gasteiger partial charge is 0.257 e. The third-order valence-corrected chi connectivity index (χ3v) is 4.19. The van der Waals surface area contributed by atoms with Crippen molar-refractivity contribution in [1.29, 1.82) is 5.26 Å². The molecule has 0 bridgehead atoms. The van der Waals surface area contributed by atoms with Gasteiger partial charge >= 0.3 is 0 Å². The van der Waals surface area contributed by atoms with E-state index in [0.29, 0.717) is 22.6 Å². The van der Waals surface area contributed by atoms with Crippen molar-refractivity contribution in [3.63, 3.8) is 0 Å². The molecule has 4 rings (SSSR count). The molecule has 0 radical (unpaired) electrons. The molecule has 0 fully saturated rings. The molecule has 0 unspecified atom stereocenters. The van der Waals surface area contributed by atoms with Crippen LogP contribution in [0.5, 0.6) is 0 Å². The van der Waals surface area contributed by atoms with Gasteiger partial charge in [0.25, 0.3) is 5.91 Å². The molecule has 0 saturated carbocycles. The van der Waals surface area contributed by atoms with Crippen LogP contribution in [0.1, 0.15) is 15.9 Å². The summed E-state index contributed by atoms with van der Waals surface area (Å²) in [5, 5.41) is 15.9. The van der Waals surface area contributed by atoms with Gasteiger partial charge in [-0.05, 0) is 48.5 Å². The molecule has 4 aromatic rings. The summed E-state index contributed by atoms with van der Waals surface area (Å²) in [4.78, 5) is 21.1. The third kappa shape index (κ3) is 3.64. The molecule has 2 heterocycles. The fraction of sp³-hybridized carbons (Fsp3) is 0. The zero-order valence-electron chi connectivity index (χ0n) is 14.8. The number of aromatic nitrogens is 2. The van der Waals surface area contributed by atoms with Gasteiger partial charge in [-0.2, -0.15) is 5.26 Å². The summed E-state index contributed by atoms with van der Waals surface area (Å²) in [6, 6.07) is 21.9. The van der Waals surface area contributed by atoms with Gasteiger partial charge in [0.2, 0.25) is 0 Å². The number of fused-ring (bicyclic) bond motifs is 1. The molecule has 2 aromatic carbocycles. The Morgan fingerprint density at radius 2 is 1.75 bits per heavy atom. The van der Waals surface area contributed by atoms with E-state index in [0.717, 1.165) is 16.6 Å². The summed E-state index contributed by atoms with van der Waals surface area (Å²) in [5.41, 5.74) is 3.30. The molecule has 0 saturated heterocycles. The monoisotopic (exact) mass is 365 g/mol. The predicted molar refractivity (Wildman–Crippen MR) is 108 cm³/mol. The van der Waals surface area contributed by atoms with Crippen molar-refractivity contribution in [3.05, 3.63) is 90.3 Å². The SMILES string of the molecule is N#Cc1ccc(NC(=O)c2ccc(Nc3cccc4cccnc34)nc2)cc1. The number of carbonyl (C=O) groups excluding carboxylic acids is 1. The number of carbonyl (C=O) groups is 1. The minimum absolute atomic E-state index is 0.268. The number of amides is 1. The zero-order valence-corrected chi connectivity index (χ0v) is 14.8. The second kappa shape index (κ2) is 7.56. The number of para-hydroxylation sites is 1. The van der Waals surface area contributed by atoms with Crippen LogP contribution >= 0.6 is 0 Å². The lowest BCUT2D eigenvalue weighted by atomic mass is 10.2. The highest BCUT2D eigenvalue weighted by molar-refractivity contribution is 6.04. The number of anilines is 3. The van der Waals surface area contributed by atoms with E-state index in [1.807, 2.05) is 36.4 Å². The van der Waals surface area contributed by atoms with Crippen molar-refractivity contribution in [2.45, 2.75) is 0 Å². The van der Waals surface area contributed by atoms with E-state index in [4.69, 9.17) is 5.26 Å². The fourth-order valence-corrected chi connectivity index (χ4v) is 2.78. The van der Waals surface area contributed by atoms with Crippen LogP contribution in [0.15, 0.2) is 79.1 Å². The highest BCUT2D eigenvalue weighted by Crippen LogP contribution is 2.23. The van der Waals surface area contributed by atoms with Crippen LogP contribution in [0.2, 0.25) is 0 Å². The average Bonchev–Trinajstić information content (AvgIpc) is 2.75. The Kier molecular flexibility index (Phi) is 4.64. The number of nitrogens with zero attached hydrogens (tertiary/aromatic N) is 3. The van der Waals surface area contributed by atoms with Crippen molar-refractivity contribution in [2.24, 2.45) is 0 Å². The lowest BCUT2D eigenvalue weighted by Gasteiger charge is -2.09. The highest BCUT2D eigenvalue weighted by atomic mass is 16.1. The van der Waals surface area contributed by atoms with E-state index < -0.39 is 0 Å². The van der Waals surface area contributed by atoms with Gasteiger partial charge in [0.15, 0.2) is 0 Å². The van der Waals surface area contributed by atoms with E-state index in [9.17, 15) is 4.79 Å². The number of nitrogens with one attached hydrogen (secondary N) is 2. The first-order valence-corrected chi connectivity index (χ1v) is 8.61. The fourth-order valence-electron chi connectivity index (χ4n) is 2.78. The summed E-state index contributed by atoms with van der Waals surface area (Å²) >= 11 is 0. The Morgan fingerprint density at radius 1 is 0.929 bits per heavy atom. The Balaban J connectivity index is 1.48. The van der Waals surface area contributed by atoms with Crippen molar-refractivity contribution in [2.75, 3.05) is 10.6 Å². The minimum atomic E-state index is -0.268.